The summed E-state index contributed by atoms with van der Waals surface area (Å²) in [4.78, 5) is 11.5. The van der Waals surface area contributed by atoms with Crippen LogP contribution in [0.1, 0.15) is 30.4 Å². The molecule has 0 aliphatic carbocycles. The average Bonchev–Trinajstić information content (AvgIpc) is 2.69. The smallest absolute Gasteiger partial charge is 0.398 e. The summed E-state index contributed by atoms with van der Waals surface area (Å²) in [5, 5.41) is 3.89. The van der Waals surface area contributed by atoms with E-state index >= 15 is 0 Å². The first-order valence-electron chi connectivity index (χ1n) is 9.59. The third-order valence-corrected chi connectivity index (χ3v) is 5.18. The summed E-state index contributed by atoms with van der Waals surface area (Å²) in [6.07, 6.45) is -1.16. The number of nitrogens with zero attached hydrogens (tertiary/aromatic N) is 3. The number of hydrogen-bond acceptors (Lipinski definition) is 5. The Morgan fingerprint density at radius 3 is 2.52 bits per heavy atom. The summed E-state index contributed by atoms with van der Waals surface area (Å²) in [6, 6.07) is 9.64. The third kappa shape index (κ3) is 3.92. The van der Waals surface area contributed by atoms with Gasteiger partial charge in [0.25, 0.3) is 0 Å². The molecule has 0 bridgehead atoms. The zero-order valence-corrected chi connectivity index (χ0v) is 16.1. The molecule has 0 radical (unpaired) electrons. The number of rotatable bonds is 3. The molecule has 0 atom stereocenters. The fraction of sp³-hybridized carbons (Fsp3) is 0.333. The van der Waals surface area contributed by atoms with E-state index in [0.717, 1.165) is 54.3 Å². The Balaban J connectivity index is 1.77. The molecule has 0 amide bonds. The minimum Gasteiger partial charge on any atom is -0.398 e. The second-order valence-corrected chi connectivity index (χ2v) is 7.31. The van der Waals surface area contributed by atoms with E-state index in [1.165, 1.54) is 18.6 Å². The van der Waals surface area contributed by atoms with Gasteiger partial charge in [-0.05, 0) is 56.0 Å². The summed E-state index contributed by atoms with van der Waals surface area (Å²) in [5.41, 5.74) is 6.32. The molecule has 2 aromatic carbocycles. The Kier molecular flexibility index (Phi) is 4.94. The SMILES string of the molecule is Cc1cccc2c(N3CCCCC3)nc(Nc3ccc(N)c(C(F)(F)F)c3)nc12. The molecule has 8 heteroatoms. The second kappa shape index (κ2) is 7.42. The van der Waals surface area contributed by atoms with Crippen LogP contribution in [0.3, 0.4) is 0 Å². The maximum absolute atomic E-state index is 13.2. The molecule has 0 spiro atoms. The van der Waals surface area contributed by atoms with Crippen molar-refractivity contribution in [3.8, 4) is 0 Å². The van der Waals surface area contributed by atoms with E-state index in [-0.39, 0.29) is 17.3 Å². The monoisotopic (exact) mass is 401 g/mol. The van der Waals surface area contributed by atoms with E-state index in [1.807, 2.05) is 25.1 Å². The number of nitrogens with two attached hydrogens (primary N) is 1. The number of para-hydroxylation sites is 1. The Bertz CT molecular complexity index is 1040. The molecular formula is C21H22F3N5. The van der Waals surface area contributed by atoms with Crippen molar-refractivity contribution in [1.82, 2.24) is 9.97 Å². The van der Waals surface area contributed by atoms with Crippen LogP contribution in [-0.4, -0.2) is 23.1 Å². The molecule has 1 fully saturated rings. The first-order valence-corrected chi connectivity index (χ1v) is 9.59. The Labute approximate surface area is 166 Å². The molecule has 1 saturated heterocycles. The topological polar surface area (TPSA) is 67.1 Å². The lowest BCUT2D eigenvalue weighted by Crippen LogP contribution is -2.30. The molecule has 0 saturated carbocycles. The highest BCUT2D eigenvalue weighted by molar-refractivity contribution is 5.92. The molecule has 3 aromatic rings. The number of hydrogen-bond donors (Lipinski definition) is 2. The molecule has 4 rings (SSSR count). The van der Waals surface area contributed by atoms with Gasteiger partial charge in [0.1, 0.15) is 5.82 Å². The van der Waals surface area contributed by atoms with Crippen LogP contribution in [0.25, 0.3) is 10.9 Å². The van der Waals surface area contributed by atoms with Crippen LogP contribution in [0.4, 0.5) is 36.3 Å². The van der Waals surface area contributed by atoms with Crippen LogP contribution >= 0.6 is 0 Å². The highest BCUT2D eigenvalue weighted by atomic mass is 19.4. The maximum atomic E-state index is 13.2. The fourth-order valence-electron chi connectivity index (χ4n) is 3.69. The van der Waals surface area contributed by atoms with Gasteiger partial charge < -0.3 is 16.0 Å². The van der Waals surface area contributed by atoms with Crippen LogP contribution in [-0.2, 0) is 6.18 Å². The largest absolute Gasteiger partial charge is 0.418 e. The van der Waals surface area contributed by atoms with Crippen LogP contribution in [0, 0.1) is 6.92 Å². The Morgan fingerprint density at radius 2 is 1.79 bits per heavy atom. The predicted octanol–water partition coefficient (Wildman–Crippen LogP) is 5.27. The van der Waals surface area contributed by atoms with Crippen molar-refractivity contribution in [2.75, 3.05) is 29.0 Å². The summed E-state index contributed by atoms with van der Waals surface area (Å²) < 4.78 is 39.6. The molecule has 1 aliphatic heterocycles. The van der Waals surface area contributed by atoms with E-state index in [4.69, 9.17) is 5.73 Å². The molecule has 29 heavy (non-hydrogen) atoms. The Hall–Kier alpha value is -3.03. The summed E-state index contributed by atoms with van der Waals surface area (Å²) in [6.45, 7) is 3.77. The number of fused-ring (bicyclic) bond motifs is 1. The molecule has 3 N–H and O–H groups in total. The van der Waals surface area contributed by atoms with E-state index in [9.17, 15) is 13.2 Å². The molecule has 152 valence electrons. The van der Waals surface area contributed by atoms with Crippen molar-refractivity contribution < 1.29 is 13.2 Å². The van der Waals surface area contributed by atoms with Gasteiger partial charge in [0.05, 0.1) is 11.1 Å². The van der Waals surface area contributed by atoms with Gasteiger partial charge in [0.2, 0.25) is 5.95 Å². The predicted molar refractivity (Wildman–Crippen MR) is 109 cm³/mol. The normalized spacial score (nSPS) is 15.0. The lowest BCUT2D eigenvalue weighted by atomic mass is 10.1. The number of aromatic nitrogens is 2. The summed E-state index contributed by atoms with van der Waals surface area (Å²) in [5.74, 6) is 1.08. The van der Waals surface area contributed by atoms with Crippen molar-refractivity contribution >= 4 is 34.0 Å². The minimum atomic E-state index is -4.53. The van der Waals surface area contributed by atoms with Gasteiger partial charge in [0, 0.05) is 29.9 Å². The molecule has 1 aromatic heterocycles. The highest BCUT2D eigenvalue weighted by Crippen LogP contribution is 2.36. The van der Waals surface area contributed by atoms with E-state index in [1.54, 1.807) is 0 Å². The number of alkyl halides is 3. The van der Waals surface area contributed by atoms with Gasteiger partial charge in [-0.25, -0.2) is 4.98 Å². The number of anilines is 4. The third-order valence-electron chi connectivity index (χ3n) is 5.18. The van der Waals surface area contributed by atoms with Crippen molar-refractivity contribution in [3.63, 3.8) is 0 Å². The first kappa shape index (κ1) is 19.3. The number of nitrogens with one attached hydrogen (secondary N) is 1. The van der Waals surface area contributed by atoms with Crippen LogP contribution in [0.15, 0.2) is 36.4 Å². The van der Waals surface area contributed by atoms with E-state index < -0.39 is 11.7 Å². The van der Waals surface area contributed by atoms with Crippen LogP contribution in [0.5, 0.6) is 0 Å². The Morgan fingerprint density at radius 1 is 1.03 bits per heavy atom. The molecule has 2 heterocycles. The second-order valence-electron chi connectivity index (χ2n) is 7.31. The van der Waals surface area contributed by atoms with Gasteiger partial charge in [-0.15, -0.1) is 0 Å². The van der Waals surface area contributed by atoms with Gasteiger partial charge >= 0.3 is 6.18 Å². The number of aryl methyl sites for hydroxylation is 1. The van der Waals surface area contributed by atoms with Gasteiger partial charge in [-0.1, -0.05) is 12.1 Å². The van der Waals surface area contributed by atoms with Gasteiger partial charge in [-0.2, -0.15) is 18.2 Å². The standard InChI is InChI=1S/C21H22F3N5/c1-13-6-5-7-15-18(13)27-20(28-19(15)29-10-3-2-4-11-29)26-14-8-9-17(25)16(12-14)21(22,23)24/h5-9,12H,2-4,10-11,25H2,1H3,(H,26,27,28). The van der Waals surface area contributed by atoms with Crippen molar-refractivity contribution in [1.29, 1.82) is 0 Å². The molecule has 5 nitrogen and oxygen atoms in total. The highest BCUT2D eigenvalue weighted by Gasteiger charge is 2.33. The quantitative estimate of drug-likeness (QED) is 0.585. The lowest BCUT2D eigenvalue weighted by Gasteiger charge is -2.29. The van der Waals surface area contributed by atoms with E-state index in [2.05, 4.69) is 20.2 Å². The van der Waals surface area contributed by atoms with E-state index in [0.29, 0.717) is 0 Å². The number of benzene rings is 2. The van der Waals surface area contributed by atoms with Crippen molar-refractivity contribution in [2.45, 2.75) is 32.4 Å². The first-order chi connectivity index (χ1) is 13.8. The summed E-state index contributed by atoms with van der Waals surface area (Å²) >= 11 is 0. The molecular weight excluding hydrogens is 379 g/mol. The van der Waals surface area contributed by atoms with Crippen LogP contribution < -0.4 is 16.0 Å². The molecule has 0 unspecified atom stereocenters. The number of piperidine rings is 1. The van der Waals surface area contributed by atoms with Gasteiger partial charge in [-0.3, -0.25) is 0 Å². The zero-order valence-electron chi connectivity index (χ0n) is 16.1. The average molecular weight is 401 g/mol. The molecule has 1 aliphatic rings. The van der Waals surface area contributed by atoms with Crippen molar-refractivity contribution in [2.24, 2.45) is 0 Å². The fourth-order valence-corrected chi connectivity index (χ4v) is 3.69. The van der Waals surface area contributed by atoms with Crippen LogP contribution in [0.2, 0.25) is 0 Å². The summed E-state index contributed by atoms with van der Waals surface area (Å²) in [7, 11) is 0. The minimum absolute atomic E-state index is 0.240. The lowest BCUT2D eigenvalue weighted by molar-refractivity contribution is -0.136. The maximum Gasteiger partial charge on any atom is 0.418 e. The number of halogens is 3. The van der Waals surface area contributed by atoms with Gasteiger partial charge in [0.15, 0.2) is 0 Å². The van der Waals surface area contributed by atoms with Crippen molar-refractivity contribution in [3.05, 3.63) is 47.5 Å². The number of nitrogen functional groups attached to an aromatic ring is 1. The zero-order chi connectivity index (χ0) is 20.6.